The van der Waals surface area contributed by atoms with Crippen LogP contribution < -0.4 is 19.1 Å². The Bertz CT molecular complexity index is 762. The topological polar surface area (TPSA) is 48.0 Å². The first kappa shape index (κ1) is 13.3. The summed E-state index contributed by atoms with van der Waals surface area (Å²) >= 11 is 6.04. The Labute approximate surface area is 132 Å². The zero-order valence-electron chi connectivity index (χ0n) is 11.5. The van der Waals surface area contributed by atoms with Crippen molar-refractivity contribution in [1.29, 1.82) is 0 Å². The molecular formula is C16H12ClNO4. The van der Waals surface area contributed by atoms with Crippen LogP contribution in [0.4, 0.5) is 5.69 Å². The molecule has 0 bridgehead atoms. The van der Waals surface area contributed by atoms with Crippen molar-refractivity contribution >= 4 is 23.2 Å². The van der Waals surface area contributed by atoms with Crippen LogP contribution in [-0.2, 0) is 0 Å². The summed E-state index contributed by atoms with van der Waals surface area (Å²) in [5, 5.41) is 0.563. The van der Waals surface area contributed by atoms with Crippen molar-refractivity contribution in [2.75, 3.05) is 24.8 Å². The van der Waals surface area contributed by atoms with E-state index in [1.165, 1.54) is 0 Å². The minimum atomic E-state index is -0.120. The third-order valence-corrected chi connectivity index (χ3v) is 3.88. The average molecular weight is 318 g/mol. The largest absolute Gasteiger partial charge is 0.490 e. The number of halogens is 1. The fraction of sp³-hybridized carbons (Fsp3) is 0.188. The summed E-state index contributed by atoms with van der Waals surface area (Å²) in [5.74, 6) is 1.78. The van der Waals surface area contributed by atoms with Crippen molar-refractivity contribution in [1.82, 2.24) is 0 Å². The number of carbonyl (C=O) groups excluding carboxylic acids is 1. The van der Waals surface area contributed by atoms with Gasteiger partial charge in [-0.15, -0.1) is 0 Å². The quantitative estimate of drug-likeness (QED) is 0.811. The van der Waals surface area contributed by atoms with E-state index < -0.39 is 0 Å². The summed E-state index contributed by atoms with van der Waals surface area (Å²) in [6.45, 7) is 1.11. The zero-order valence-corrected chi connectivity index (χ0v) is 12.3. The van der Waals surface area contributed by atoms with E-state index in [-0.39, 0.29) is 12.7 Å². The van der Waals surface area contributed by atoms with Gasteiger partial charge in [0.15, 0.2) is 11.5 Å². The van der Waals surface area contributed by atoms with Gasteiger partial charge in [-0.3, -0.25) is 4.79 Å². The van der Waals surface area contributed by atoms with E-state index in [4.69, 9.17) is 25.8 Å². The summed E-state index contributed by atoms with van der Waals surface area (Å²) in [6, 6.07) is 10.4. The van der Waals surface area contributed by atoms with Crippen LogP contribution >= 0.6 is 11.6 Å². The molecule has 0 spiro atoms. The third kappa shape index (κ3) is 2.14. The number of fused-ring (bicyclic) bond motifs is 2. The molecule has 0 aromatic heterocycles. The SMILES string of the molecule is O=C(c1ccc2c(c1)OCO2)N1CCOc2ccc(Cl)cc21. The number of anilines is 1. The molecule has 0 radical (unpaired) electrons. The molecule has 2 aromatic rings. The number of benzene rings is 2. The number of nitrogens with zero attached hydrogens (tertiary/aromatic N) is 1. The first-order valence-corrected chi connectivity index (χ1v) is 7.24. The van der Waals surface area contributed by atoms with Gasteiger partial charge in [-0.25, -0.2) is 0 Å². The molecule has 2 aliphatic rings. The van der Waals surface area contributed by atoms with Gasteiger partial charge in [0, 0.05) is 10.6 Å². The third-order valence-electron chi connectivity index (χ3n) is 3.65. The van der Waals surface area contributed by atoms with Crippen LogP contribution in [-0.4, -0.2) is 25.9 Å². The zero-order chi connectivity index (χ0) is 15.1. The monoisotopic (exact) mass is 317 g/mol. The Balaban J connectivity index is 1.71. The van der Waals surface area contributed by atoms with Crippen molar-refractivity contribution in [3.05, 3.63) is 47.0 Å². The lowest BCUT2D eigenvalue weighted by atomic mass is 10.1. The van der Waals surface area contributed by atoms with E-state index in [1.807, 2.05) is 0 Å². The summed E-state index contributed by atoms with van der Waals surface area (Å²) in [7, 11) is 0. The summed E-state index contributed by atoms with van der Waals surface area (Å²) in [4.78, 5) is 14.5. The molecular weight excluding hydrogens is 306 g/mol. The Hall–Kier alpha value is -2.40. The maximum Gasteiger partial charge on any atom is 0.258 e. The maximum atomic E-state index is 12.8. The van der Waals surface area contributed by atoms with Gasteiger partial charge in [0.2, 0.25) is 6.79 Å². The van der Waals surface area contributed by atoms with Crippen molar-refractivity contribution in [3.63, 3.8) is 0 Å². The molecule has 0 aliphatic carbocycles. The van der Waals surface area contributed by atoms with Crippen LogP contribution in [0.1, 0.15) is 10.4 Å². The van der Waals surface area contributed by atoms with Crippen LogP contribution in [0.3, 0.4) is 0 Å². The molecule has 0 fully saturated rings. The second-order valence-corrected chi connectivity index (χ2v) is 5.42. The number of rotatable bonds is 1. The molecule has 112 valence electrons. The standard InChI is InChI=1S/C16H12ClNO4/c17-11-2-4-13-12(8-11)18(5-6-20-13)16(19)10-1-3-14-15(7-10)22-9-21-14/h1-4,7-8H,5-6,9H2. The summed E-state index contributed by atoms with van der Waals surface area (Å²) < 4.78 is 16.2. The van der Waals surface area contributed by atoms with Gasteiger partial charge in [0.1, 0.15) is 12.4 Å². The smallest absolute Gasteiger partial charge is 0.258 e. The molecule has 0 unspecified atom stereocenters. The van der Waals surface area contributed by atoms with Crippen molar-refractivity contribution < 1.29 is 19.0 Å². The molecule has 0 saturated heterocycles. The number of hydrogen-bond acceptors (Lipinski definition) is 4. The fourth-order valence-electron chi connectivity index (χ4n) is 2.59. The van der Waals surface area contributed by atoms with E-state index in [0.717, 1.165) is 0 Å². The number of ether oxygens (including phenoxy) is 3. The molecule has 2 aliphatic heterocycles. The van der Waals surface area contributed by atoms with Gasteiger partial charge in [-0.05, 0) is 36.4 Å². The second kappa shape index (κ2) is 5.10. The molecule has 5 nitrogen and oxygen atoms in total. The lowest BCUT2D eigenvalue weighted by Crippen LogP contribution is -2.37. The first-order valence-electron chi connectivity index (χ1n) is 6.86. The minimum absolute atomic E-state index is 0.120. The van der Waals surface area contributed by atoms with Crippen molar-refractivity contribution in [2.24, 2.45) is 0 Å². The molecule has 22 heavy (non-hydrogen) atoms. The predicted octanol–water partition coefficient (Wildman–Crippen LogP) is 3.11. The highest BCUT2D eigenvalue weighted by molar-refractivity contribution is 6.31. The van der Waals surface area contributed by atoms with Crippen molar-refractivity contribution in [3.8, 4) is 17.2 Å². The van der Waals surface area contributed by atoms with E-state index in [2.05, 4.69) is 0 Å². The predicted molar refractivity (Wildman–Crippen MR) is 81.2 cm³/mol. The molecule has 6 heteroatoms. The molecule has 2 aromatic carbocycles. The van der Waals surface area contributed by atoms with Gasteiger partial charge < -0.3 is 19.1 Å². The Morgan fingerprint density at radius 3 is 2.73 bits per heavy atom. The van der Waals surface area contributed by atoms with Gasteiger partial charge in [0.05, 0.1) is 12.2 Å². The molecule has 1 amide bonds. The number of amides is 1. The van der Waals surface area contributed by atoms with E-state index in [0.29, 0.717) is 46.7 Å². The lowest BCUT2D eigenvalue weighted by molar-refractivity contribution is 0.0976. The average Bonchev–Trinajstić information content (AvgIpc) is 3.01. The number of carbonyl (C=O) groups is 1. The van der Waals surface area contributed by atoms with Crippen LogP contribution in [0.2, 0.25) is 5.02 Å². The highest BCUT2D eigenvalue weighted by Crippen LogP contribution is 2.36. The van der Waals surface area contributed by atoms with E-state index >= 15 is 0 Å². The van der Waals surface area contributed by atoms with Crippen LogP contribution in [0.25, 0.3) is 0 Å². The van der Waals surface area contributed by atoms with Crippen LogP contribution in [0, 0.1) is 0 Å². The van der Waals surface area contributed by atoms with Crippen LogP contribution in [0.15, 0.2) is 36.4 Å². The second-order valence-electron chi connectivity index (χ2n) is 4.99. The Morgan fingerprint density at radius 2 is 1.82 bits per heavy atom. The van der Waals surface area contributed by atoms with Gasteiger partial charge in [-0.2, -0.15) is 0 Å². The lowest BCUT2D eigenvalue weighted by Gasteiger charge is -2.29. The van der Waals surface area contributed by atoms with Gasteiger partial charge in [-0.1, -0.05) is 11.6 Å². The summed E-state index contributed by atoms with van der Waals surface area (Å²) in [6.07, 6.45) is 0. The van der Waals surface area contributed by atoms with E-state index in [1.54, 1.807) is 41.3 Å². The Morgan fingerprint density at radius 1 is 1.00 bits per heavy atom. The maximum absolute atomic E-state index is 12.8. The Kier molecular flexibility index (Phi) is 3.08. The van der Waals surface area contributed by atoms with E-state index in [9.17, 15) is 4.79 Å². The fourth-order valence-corrected chi connectivity index (χ4v) is 2.75. The highest BCUT2D eigenvalue weighted by Gasteiger charge is 2.26. The molecule has 4 rings (SSSR count). The normalized spacial score (nSPS) is 15.2. The van der Waals surface area contributed by atoms with Gasteiger partial charge in [0.25, 0.3) is 5.91 Å². The molecule has 0 N–H and O–H groups in total. The van der Waals surface area contributed by atoms with Gasteiger partial charge >= 0.3 is 0 Å². The summed E-state index contributed by atoms with van der Waals surface area (Å²) in [5.41, 5.74) is 1.22. The first-order chi connectivity index (χ1) is 10.7. The molecule has 2 heterocycles. The molecule has 0 saturated carbocycles. The minimum Gasteiger partial charge on any atom is -0.490 e. The highest BCUT2D eigenvalue weighted by atomic mass is 35.5. The van der Waals surface area contributed by atoms with Crippen molar-refractivity contribution in [2.45, 2.75) is 0 Å². The molecule has 0 atom stereocenters. The van der Waals surface area contributed by atoms with Crippen LogP contribution in [0.5, 0.6) is 17.2 Å². The number of hydrogen-bond donors (Lipinski definition) is 0.